The molecule has 0 unspecified atom stereocenters. The van der Waals surface area contributed by atoms with Gasteiger partial charge in [-0.1, -0.05) is 47.7 Å². The second-order valence-electron chi connectivity index (χ2n) is 7.17. The minimum Gasteiger partial charge on any atom is -0.326 e. The Kier molecular flexibility index (Phi) is 5.85. The molecule has 1 aliphatic heterocycles. The van der Waals surface area contributed by atoms with E-state index in [1.54, 1.807) is 30.3 Å². The van der Waals surface area contributed by atoms with Crippen LogP contribution in [0.3, 0.4) is 0 Å². The maximum atomic E-state index is 13.8. The molecule has 0 fully saturated rings. The van der Waals surface area contributed by atoms with Crippen molar-refractivity contribution in [3.8, 4) is 0 Å². The van der Waals surface area contributed by atoms with E-state index in [1.807, 2.05) is 19.1 Å². The lowest BCUT2D eigenvalue weighted by atomic mass is 9.92. The number of aromatic nitrogens is 2. The van der Waals surface area contributed by atoms with Crippen LogP contribution in [0.15, 0.2) is 58.5 Å². The molecule has 1 atom stereocenters. The minimum absolute atomic E-state index is 0.0556. The summed E-state index contributed by atoms with van der Waals surface area (Å²) in [4.78, 5) is 44.7. The quantitative estimate of drug-likeness (QED) is 0.417. The summed E-state index contributed by atoms with van der Waals surface area (Å²) in [6, 6.07) is 13.5. The van der Waals surface area contributed by atoms with Crippen molar-refractivity contribution in [1.82, 2.24) is 9.97 Å². The molecule has 9 heteroatoms. The van der Waals surface area contributed by atoms with E-state index in [9.17, 15) is 18.8 Å². The SMILES string of the molecule is Cc1ccc(NC(=O)[C@H]2CC(=O)Nc3nc(SCc4ccccc4F)[nH]c(=O)c32)cc1. The standard InChI is InChI=1S/C22H19FN4O3S/c1-12-6-8-14(9-7-12)24-20(29)15-10-17(28)25-19-18(15)21(30)27-22(26-19)31-11-13-4-2-3-5-16(13)23/h2-9,15H,10-11H2,1H3,(H,24,29)(H2,25,26,27,28,30)/t15-/m0/s1. The van der Waals surface area contributed by atoms with Crippen LogP contribution in [-0.4, -0.2) is 21.8 Å². The van der Waals surface area contributed by atoms with Crippen LogP contribution in [0, 0.1) is 12.7 Å². The van der Waals surface area contributed by atoms with E-state index in [-0.39, 0.29) is 34.5 Å². The van der Waals surface area contributed by atoms with Crippen LogP contribution in [0.5, 0.6) is 0 Å². The number of carbonyl (C=O) groups excluding carboxylic acids is 2. The first kappa shape index (κ1) is 20.8. The number of thioether (sulfide) groups is 1. The average Bonchev–Trinajstić information content (AvgIpc) is 2.74. The number of hydrogen-bond acceptors (Lipinski definition) is 5. The molecule has 31 heavy (non-hydrogen) atoms. The molecule has 7 nitrogen and oxygen atoms in total. The van der Waals surface area contributed by atoms with Crippen LogP contribution in [0.2, 0.25) is 0 Å². The number of aryl methyl sites for hydroxylation is 1. The minimum atomic E-state index is -0.966. The number of aromatic amines is 1. The lowest BCUT2D eigenvalue weighted by Crippen LogP contribution is -2.36. The van der Waals surface area contributed by atoms with Crippen molar-refractivity contribution in [1.29, 1.82) is 0 Å². The van der Waals surface area contributed by atoms with E-state index in [4.69, 9.17) is 0 Å². The van der Waals surface area contributed by atoms with Gasteiger partial charge in [0.2, 0.25) is 11.8 Å². The van der Waals surface area contributed by atoms with Crippen molar-refractivity contribution < 1.29 is 14.0 Å². The van der Waals surface area contributed by atoms with Gasteiger partial charge in [-0.05, 0) is 30.7 Å². The number of hydrogen-bond donors (Lipinski definition) is 3. The summed E-state index contributed by atoms with van der Waals surface area (Å²) in [5.74, 6) is -1.87. The van der Waals surface area contributed by atoms with Gasteiger partial charge < -0.3 is 15.6 Å². The van der Waals surface area contributed by atoms with Gasteiger partial charge in [-0.25, -0.2) is 9.37 Å². The Bertz CT molecular complexity index is 1210. The zero-order chi connectivity index (χ0) is 22.0. The van der Waals surface area contributed by atoms with Gasteiger partial charge in [0.15, 0.2) is 5.16 Å². The van der Waals surface area contributed by atoms with E-state index < -0.39 is 23.3 Å². The monoisotopic (exact) mass is 438 g/mol. The highest BCUT2D eigenvalue weighted by Crippen LogP contribution is 2.31. The first-order chi connectivity index (χ1) is 14.9. The van der Waals surface area contributed by atoms with E-state index in [0.29, 0.717) is 11.3 Å². The maximum Gasteiger partial charge on any atom is 0.257 e. The summed E-state index contributed by atoms with van der Waals surface area (Å²) in [5.41, 5.74) is 1.68. The van der Waals surface area contributed by atoms with Crippen LogP contribution < -0.4 is 16.2 Å². The summed E-state index contributed by atoms with van der Waals surface area (Å²) in [5, 5.41) is 5.55. The molecule has 2 amide bonds. The highest BCUT2D eigenvalue weighted by atomic mass is 32.2. The molecular formula is C22H19FN4O3S. The molecule has 0 saturated heterocycles. The number of carbonyl (C=O) groups is 2. The van der Waals surface area contributed by atoms with Gasteiger partial charge in [-0.3, -0.25) is 14.4 Å². The molecule has 0 spiro atoms. The van der Waals surface area contributed by atoms with E-state index >= 15 is 0 Å². The summed E-state index contributed by atoms with van der Waals surface area (Å²) in [7, 11) is 0. The van der Waals surface area contributed by atoms with Crippen LogP contribution in [0.25, 0.3) is 0 Å². The van der Waals surface area contributed by atoms with Crippen molar-refractivity contribution in [2.75, 3.05) is 10.6 Å². The predicted octanol–water partition coefficient (Wildman–Crippen LogP) is 3.57. The smallest absolute Gasteiger partial charge is 0.257 e. The number of anilines is 2. The number of H-pyrrole nitrogens is 1. The molecule has 1 aliphatic rings. The van der Waals surface area contributed by atoms with Gasteiger partial charge in [0.25, 0.3) is 5.56 Å². The Morgan fingerprint density at radius 3 is 2.68 bits per heavy atom. The first-order valence-corrected chi connectivity index (χ1v) is 10.6. The molecule has 3 N–H and O–H groups in total. The Labute approximate surface area is 181 Å². The number of nitrogens with one attached hydrogen (secondary N) is 3. The van der Waals surface area contributed by atoms with Crippen molar-refractivity contribution in [2.24, 2.45) is 0 Å². The van der Waals surface area contributed by atoms with Crippen molar-refractivity contribution >= 4 is 35.1 Å². The maximum absolute atomic E-state index is 13.8. The van der Waals surface area contributed by atoms with Gasteiger partial charge in [0, 0.05) is 17.9 Å². The van der Waals surface area contributed by atoms with Gasteiger partial charge >= 0.3 is 0 Å². The molecule has 3 aromatic rings. The predicted molar refractivity (Wildman–Crippen MR) is 117 cm³/mol. The largest absolute Gasteiger partial charge is 0.326 e. The summed E-state index contributed by atoms with van der Waals surface area (Å²) < 4.78 is 13.8. The molecule has 2 heterocycles. The Morgan fingerprint density at radius 2 is 1.94 bits per heavy atom. The molecule has 0 bridgehead atoms. The van der Waals surface area contributed by atoms with Crippen molar-refractivity contribution in [2.45, 2.75) is 30.2 Å². The van der Waals surface area contributed by atoms with Crippen LogP contribution in [0.1, 0.15) is 29.0 Å². The number of rotatable bonds is 5. The summed E-state index contributed by atoms with van der Waals surface area (Å²) in [6.45, 7) is 1.93. The molecule has 0 saturated carbocycles. The fourth-order valence-corrected chi connectivity index (χ4v) is 4.12. The number of halogens is 1. The number of amides is 2. The molecule has 4 rings (SSSR count). The highest BCUT2D eigenvalue weighted by Gasteiger charge is 2.34. The fourth-order valence-electron chi connectivity index (χ4n) is 3.27. The first-order valence-electron chi connectivity index (χ1n) is 9.58. The van der Waals surface area contributed by atoms with Crippen LogP contribution in [-0.2, 0) is 15.3 Å². The third-order valence-corrected chi connectivity index (χ3v) is 5.81. The Balaban J connectivity index is 1.58. The average molecular weight is 438 g/mol. The third kappa shape index (κ3) is 4.66. The molecular weight excluding hydrogens is 419 g/mol. The van der Waals surface area contributed by atoms with E-state index in [0.717, 1.165) is 17.3 Å². The van der Waals surface area contributed by atoms with Crippen LogP contribution >= 0.6 is 11.8 Å². The number of benzene rings is 2. The summed E-state index contributed by atoms with van der Waals surface area (Å²) in [6.07, 6.45) is -0.156. The van der Waals surface area contributed by atoms with E-state index in [2.05, 4.69) is 20.6 Å². The van der Waals surface area contributed by atoms with Crippen LogP contribution in [0.4, 0.5) is 15.9 Å². The van der Waals surface area contributed by atoms with Gasteiger partial charge in [-0.15, -0.1) is 0 Å². The molecule has 158 valence electrons. The van der Waals surface area contributed by atoms with Crippen molar-refractivity contribution in [3.05, 3.63) is 81.4 Å². The van der Waals surface area contributed by atoms with Gasteiger partial charge in [0.1, 0.15) is 11.6 Å². The Hall–Kier alpha value is -3.46. The van der Waals surface area contributed by atoms with Gasteiger partial charge in [-0.2, -0.15) is 0 Å². The second-order valence-corrected chi connectivity index (χ2v) is 8.14. The second kappa shape index (κ2) is 8.73. The summed E-state index contributed by atoms with van der Waals surface area (Å²) >= 11 is 1.13. The topological polar surface area (TPSA) is 104 Å². The van der Waals surface area contributed by atoms with Gasteiger partial charge in [0.05, 0.1) is 11.5 Å². The molecule has 0 radical (unpaired) electrons. The zero-order valence-electron chi connectivity index (χ0n) is 16.6. The zero-order valence-corrected chi connectivity index (χ0v) is 17.4. The lowest BCUT2D eigenvalue weighted by molar-refractivity contribution is -0.123. The molecule has 0 aliphatic carbocycles. The lowest BCUT2D eigenvalue weighted by Gasteiger charge is -2.23. The molecule has 2 aromatic carbocycles. The number of fused-ring (bicyclic) bond motifs is 1. The van der Waals surface area contributed by atoms with E-state index in [1.165, 1.54) is 6.07 Å². The fraction of sp³-hybridized carbons (Fsp3) is 0.182. The van der Waals surface area contributed by atoms with Crippen molar-refractivity contribution in [3.63, 3.8) is 0 Å². The third-order valence-electron chi connectivity index (χ3n) is 4.89. The number of nitrogens with zero attached hydrogens (tertiary/aromatic N) is 1. The Morgan fingerprint density at radius 1 is 1.19 bits per heavy atom. The normalized spacial score (nSPS) is 15.2. The molecule has 1 aromatic heterocycles. The highest BCUT2D eigenvalue weighted by molar-refractivity contribution is 7.98.